The van der Waals surface area contributed by atoms with Gasteiger partial charge in [0.25, 0.3) is 11.8 Å². The Morgan fingerprint density at radius 2 is 1.82 bits per heavy atom. The summed E-state index contributed by atoms with van der Waals surface area (Å²) in [5.74, 6) is 0.0959. The molecule has 0 unspecified atom stereocenters. The molecule has 22 heavy (non-hydrogen) atoms. The number of aryl methyl sites for hydroxylation is 1. The second kappa shape index (κ2) is 7.13. The molecule has 0 aliphatic heterocycles. The molecule has 0 aliphatic carbocycles. The van der Waals surface area contributed by atoms with Crippen molar-refractivity contribution in [1.29, 1.82) is 0 Å². The minimum Gasteiger partial charge on any atom is -0.366 e. The van der Waals surface area contributed by atoms with Crippen LogP contribution >= 0.6 is 11.8 Å². The van der Waals surface area contributed by atoms with Crippen molar-refractivity contribution in [2.24, 2.45) is 5.73 Å². The summed E-state index contributed by atoms with van der Waals surface area (Å²) in [5, 5.41) is 2.76. The quantitative estimate of drug-likeness (QED) is 0.890. The Morgan fingerprint density at radius 1 is 1.14 bits per heavy atom. The monoisotopic (exact) mass is 314 g/mol. The van der Waals surface area contributed by atoms with Gasteiger partial charge in [0.15, 0.2) is 0 Å². The molecule has 0 fully saturated rings. The molecule has 0 atom stereocenters. The average Bonchev–Trinajstić information content (AvgIpc) is 2.48. The van der Waals surface area contributed by atoms with E-state index >= 15 is 0 Å². The summed E-state index contributed by atoms with van der Waals surface area (Å²) in [6.45, 7) is 1.78. The molecule has 0 saturated carbocycles. The van der Waals surface area contributed by atoms with Crippen molar-refractivity contribution < 1.29 is 9.59 Å². The van der Waals surface area contributed by atoms with E-state index in [1.54, 1.807) is 49.0 Å². The summed E-state index contributed by atoms with van der Waals surface area (Å²) in [6, 6.07) is 12.6. The molecule has 2 amide bonds. The summed E-state index contributed by atoms with van der Waals surface area (Å²) in [7, 11) is 0. The summed E-state index contributed by atoms with van der Waals surface area (Å²) >= 11 is 1.73. The maximum Gasteiger partial charge on any atom is 0.255 e. The molecule has 5 heteroatoms. The van der Waals surface area contributed by atoms with Gasteiger partial charge in [0.1, 0.15) is 0 Å². The van der Waals surface area contributed by atoms with Crippen molar-refractivity contribution in [3.8, 4) is 0 Å². The maximum absolute atomic E-state index is 12.3. The molecule has 4 nitrogen and oxygen atoms in total. The number of carbonyl (C=O) groups is 2. The van der Waals surface area contributed by atoms with E-state index < -0.39 is 5.91 Å². The highest BCUT2D eigenvalue weighted by Crippen LogP contribution is 2.20. The van der Waals surface area contributed by atoms with Gasteiger partial charge < -0.3 is 11.1 Å². The number of nitrogens with two attached hydrogens (primary N) is 1. The van der Waals surface area contributed by atoms with E-state index in [1.165, 1.54) is 0 Å². The fourth-order valence-corrected chi connectivity index (χ4v) is 2.74. The molecule has 0 aliphatic rings. The Hall–Kier alpha value is -2.27. The van der Waals surface area contributed by atoms with E-state index in [9.17, 15) is 9.59 Å². The zero-order valence-corrected chi connectivity index (χ0v) is 13.4. The standard InChI is InChI=1S/C17H18N2O2S/c1-11-4-3-5-14(15(11)16(18)20)19-17(21)13-8-6-12(7-9-13)10-22-2/h3-9H,10H2,1-2H3,(H2,18,20)(H,19,21). The molecule has 2 aromatic carbocycles. The minimum absolute atomic E-state index is 0.260. The van der Waals surface area contributed by atoms with Crippen molar-refractivity contribution in [3.63, 3.8) is 0 Å². The Morgan fingerprint density at radius 3 is 2.41 bits per heavy atom. The van der Waals surface area contributed by atoms with Crippen LogP contribution in [0.1, 0.15) is 31.8 Å². The Balaban J connectivity index is 2.22. The molecule has 0 heterocycles. The van der Waals surface area contributed by atoms with E-state index in [0.29, 0.717) is 16.8 Å². The Kier molecular flexibility index (Phi) is 5.22. The molecule has 0 spiro atoms. The van der Waals surface area contributed by atoms with Crippen LogP contribution in [0.4, 0.5) is 5.69 Å². The SMILES string of the molecule is CSCc1ccc(C(=O)Nc2cccc(C)c2C(N)=O)cc1. The van der Waals surface area contributed by atoms with E-state index in [4.69, 9.17) is 5.73 Å². The Bertz CT molecular complexity index is 696. The van der Waals surface area contributed by atoms with Gasteiger partial charge in [0.05, 0.1) is 11.3 Å². The number of hydrogen-bond donors (Lipinski definition) is 2. The van der Waals surface area contributed by atoms with Crippen LogP contribution in [0.2, 0.25) is 0 Å². The van der Waals surface area contributed by atoms with Crippen LogP contribution in [0.5, 0.6) is 0 Å². The minimum atomic E-state index is -0.552. The molecule has 3 N–H and O–H groups in total. The van der Waals surface area contributed by atoms with E-state index in [-0.39, 0.29) is 5.91 Å². The van der Waals surface area contributed by atoms with Gasteiger partial charge in [-0.2, -0.15) is 11.8 Å². The van der Waals surface area contributed by atoms with E-state index in [2.05, 4.69) is 5.32 Å². The van der Waals surface area contributed by atoms with Gasteiger partial charge in [0.2, 0.25) is 0 Å². The van der Waals surface area contributed by atoms with Gasteiger partial charge in [-0.25, -0.2) is 0 Å². The number of nitrogens with one attached hydrogen (secondary N) is 1. The van der Waals surface area contributed by atoms with Crippen LogP contribution in [-0.2, 0) is 5.75 Å². The molecule has 114 valence electrons. The fourth-order valence-electron chi connectivity index (χ4n) is 2.21. The number of amides is 2. The molecule has 2 rings (SSSR count). The zero-order valence-electron chi connectivity index (χ0n) is 12.6. The van der Waals surface area contributed by atoms with Crippen LogP contribution in [0.3, 0.4) is 0 Å². The smallest absolute Gasteiger partial charge is 0.255 e. The highest BCUT2D eigenvalue weighted by atomic mass is 32.2. The van der Waals surface area contributed by atoms with E-state index in [1.807, 2.05) is 18.4 Å². The van der Waals surface area contributed by atoms with Gasteiger partial charge in [-0.1, -0.05) is 24.3 Å². The number of carbonyl (C=O) groups excluding carboxylic acids is 2. The number of primary amides is 1. The summed E-state index contributed by atoms with van der Waals surface area (Å²) in [5.41, 5.74) is 8.61. The van der Waals surface area contributed by atoms with Crippen LogP contribution in [0.15, 0.2) is 42.5 Å². The predicted molar refractivity (Wildman–Crippen MR) is 91.3 cm³/mol. The lowest BCUT2D eigenvalue weighted by molar-refractivity contribution is 0.100. The first-order chi connectivity index (χ1) is 10.5. The summed E-state index contributed by atoms with van der Waals surface area (Å²) in [6.07, 6.45) is 2.03. The number of anilines is 1. The van der Waals surface area contributed by atoms with Crippen LogP contribution < -0.4 is 11.1 Å². The fraction of sp³-hybridized carbons (Fsp3) is 0.176. The lowest BCUT2D eigenvalue weighted by Gasteiger charge is -2.11. The third-order valence-electron chi connectivity index (χ3n) is 3.29. The number of benzene rings is 2. The average molecular weight is 314 g/mol. The van der Waals surface area contributed by atoms with Crippen molar-refractivity contribution in [1.82, 2.24) is 0 Å². The third kappa shape index (κ3) is 3.68. The lowest BCUT2D eigenvalue weighted by Crippen LogP contribution is -2.19. The van der Waals surface area contributed by atoms with Crippen molar-refractivity contribution in [3.05, 3.63) is 64.7 Å². The summed E-state index contributed by atoms with van der Waals surface area (Å²) in [4.78, 5) is 23.8. The highest BCUT2D eigenvalue weighted by Gasteiger charge is 2.14. The lowest BCUT2D eigenvalue weighted by atomic mass is 10.1. The first kappa shape index (κ1) is 16.1. The van der Waals surface area contributed by atoms with Crippen molar-refractivity contribution in [2.75, 3.05) is 11.6 Å². The summed E-state index contributed by atoms with van der Waals surface area (Å²) < 4.78 is 0. The molecule has 0 aromatic heterocycles. The van der Waals surface area contributed by atoms with Crippen LogP contribution in [0, 0.1) is 6.92 Å². The number of rotatable bonds is 5. The molecule has 0 bridgehead atoms. The molecule has 2 aromatic rings. The van der Waals surface area contributed by atoms with Crippen LogP contribution in [-0.4, -0.2) is 18.1 Å². The molecular formula is C17H18N2O2S. The van der Waals surface area contributed by atoms with Gasteiger partial charge in [0, 0.05) is 11.3 Å². The molecular weight excluding hydrogens is 296 g/mol. The molecule has 0 saturated heterocycles. The zero-order chi connectivity index (χ0) is 16.1. The topological polar surface area (TPSA) is 72.2 Å². The van der Waals surface area contributed by atoms with Gasteiger partial charge in [-0.05, 0) is 42.5 Å². The number of thioether (sulfide) groups is 1. The van der Waals surface area contributed by atoms with Gasteiger partial charge in [-0.3, -0.25) is 9.59 Å². The van der Waals surface area contributed by atoms with Crippen molar-refractivity contribution >= 4 is 29.3 Å². The maximum atomic E-state index is 12.3. The van der Waals surface area contributed by atoms with E-state index in [0.717, 1.165) is 16.9 Å². The first-order valence-corrected chi connectivity index (χ1v) is 8.21. The second-order valence-electron chi connectivity index (χ2n) is 4.95. The first-order valence-electron chi connectivity index (χ1n) is 6.81. The molecule has 0 radical (unpaired) electrons. The van der Waals surface area contributed by atoms with Crippen molar-refractivity contribution in [2.45, 2.75) is 12.7 Å². The predicted octanol–water partition coefficient (Wildman–Crippen LogP) is 3.21. The largest absolute Gasteiger partial charge is 0.366 e. The third-order valence-corrected chi connectivity index (χ3v) is 3.92. The highest BCUT2D eigenvalue weighted by molar-refractivity contribution is 7.97. The Labute approximate surface area is 134 Å². The van der Waals surface area contributed by atoms with Crippen LogP contribution in [0.25, 0.3) is 0 Å². The van der Waals surface area contributed by atoms with Gasteiger partial charge in [-0.15, -0.1) is 0 Å². The van der Waals surface area contributed by atoms with Gasteiger partial charge >= 0.3 is 0 Å². The second-order valence-corrected chi connectivity index (χ2v) is 5.81. The normalized spacial score (nSPS) is 10.3. The number of hydrogen-bond acceptors (Lipinski definition) is 3.